The summed E-state index contributed by atoms with van der Waals surface area (Å²) in [5.41, 5.74) is 1.000. The number of hydrogen-bond donors (Lipinski definition) is 0. The number of morpholine rings is 1. The van der Waals surface area contributed by atoms with Gasteiger partial charge in [0.1, 0.15) is 0 Å². The number of rotatable bonds is 7. The zero-order chi connectivity index (χ0) is 20.1. The first-order valence-electron chi connectivity index (χ1n) is 9.29. The van der Waals surface area contributed by atoms with Crippen LogP contribution in [0.4, 0.5) is 0 Å². The molecule has 1 fully saturated rings. The number of nitrogens with zero attached hydrogens (tertiary/aromatic N) is 2. The maximum Gasteiger partial charge on any atom is 0.290 e. The molecule has 0 aliphatic carbocycles. The monoisotopic (exact) mass is 406 g/mol. The SMILES string of the molecule is CC(CN1CCOCC1)N(Cc1ccccc1)C(=O)c1ccc(S(C)(=O)=O)o1. The van der Waals surface area contributed by atoms with E-state index >= 15 is 0 Å². The summed E-state index contributed by atoms with van der Waals surface area (Å²) in [4.78, 5) is 17.2. The molecule has 28 heavy (non-hydrogen) atoms. The minimum absolute atomic E-state index is 0.0326. The summed E-state index contributed by atoms with van der Waals surface area (Å²) in [7, 11) is -3.50. The van der Waals surface area contributed by atoms with Gasteiger partial charge in [-0.3, -0.25) is 9.69 Å². The summed E-state index contributed by atoms with van der Waals surface area (Å²) in [5.74, 6) is -0.287. The molecule has 3 rings (SSSR count). The van der Waals surface area contributed by atoms with Gasteiger partial charge >= 0.3 is 0 Å². The van der Waals surface area contributed by atoms with Crippen molar-refractivity contribution in [2.75, 3.05) is 39.1 Å². The molecule has 2 heterocycles. The Morgan fingerprint density at radius 2 is 1.82 bits per heavy atom. The van der Waals surface area contributed by atoms with Gasteiger partial charge in [0, 0.05) is 38.5 Å². The van der Waals surface area contributed by atoms with Gasteiger partial charge in [-0.15, -0.1) is 0 Å². The maximum atomic E-state index is 13.2. The molecule has 2 aromatic rings. The minimum Gasteiger partial charge on any atom is -0.440 e. The van der Waals surface area contributed by atoms with Crippen molar-refractivity contribution in [1.29, 1.82) is 0 Å². The lowest BCUT2D eigenvalue weighted by atomic mass is 10.1. The number of furan rings is 1. The molecule has 8 heteroatoms. The number of benzene rings is 1. The van der Waals surface area contributed by atoms with Gasteiger partial charge in [-0.2, -0.15) is 0 Å². The summed E-state index contributed by atoms with van der Waals surface area (Å²) in [6, 6.07) is 12.4. The Morgan fingerprint density at radius 3 is 2.43 bits per heavy atom. The molecule has 152 valence electrons. The van der Waals surface area contributed by atoms with Crippen molar-refractivity contribution in [3.8, 4) is 0 Å². The van der Waals surface area contributed by atoms with E-state index in [2.05, 4.69) is 4.90 Å². The van der Waals surface area contributed by atoms with Crippen molar-refractivity contribution in [2.45, 2.75) is 24.6 Å². The molecule has 7 nitrogen and oxygen atoms in total. The second-order valence-corrected chi connectivity index (χ2v) is 9.02. The average Bonchev–Trinajstić information content (AvgIpc) is 3.18. The van der Waals surface area contributed by atoms with Gasteiger partial charge in [-0.1, -0.05) is 30.3 Å². The number of hydrogen-bond acceptors (Lipinski definition) is 6. The molecule has 0 saturated carbocycles. The lowest BCUT2D eigenvalue weighted by Gasteiger charge is -2.34. The van der Waals surface area contributed by atoms with Crippen molar-refractivity contribution in [3.05, 3.63) is 53.8 Å². The molecule has 0 radical (unpaired) electrons. The van der Waals surface area contributed by atoms with Crippen LogP contribution in [0, 0.1) is 0 Å². The molecule has 1 aliphatic rings. The molecule has 1 aromatic carbocycles. The molecule has 0 spiro atoms. The van der Waals surface area contributed by atoms with Crippen LogP contribution in [-0.4, -0.2) is 69.3 Å². The van der Waals surface area contributed by atoms with Gasteiger partial charge in [-0.05, 0) is 24.6 Å². The van der Waals surface area contributed by atoms with Gasteiger partial charge in [0.15, 0.2) is 5.76 Å². The van der Waals surface area contributed by atoms with E-state index in [4.69, 9.17) is 9.15 Å². The molecule has 1 unspecified atom stereocenters. The number of ether oxygens (including phenoxy) is 1. The first-order valence-corrected chi connectivity index (χ1v) is 11.2. The van der Waals surface area contributed by atoms with E-state index in [-0.39, 0.29) is 22.8 Å². The van der Waals surface area contributed by atoms with E-state index in [1.54, 1.807) is 4.90 Å². The second kappa shape index (κ2) is 8.89. The number of carbonyl (C=O) groups excluding carboxylic acids is 1. The first kappa shape index (κ1) is 20.6. The number of carbonyl (C=O) groups is 1. The van der Waals surface area contributed by atoms with Crippen molar-refractivity contribution in [1.82, 2.24) is 9.80 Å². The smallest absolute Gasteiger partial charge is 0.290 e. The Labute approximate surface area is 165 Å². The molecule has 1 atom stereocenters. The zero-order valence-corrected chi connectivity index (χ0v) is 17.0. The highest BCUT2D eigenvalue weighted by atomic mass is 32.2. The first-order chi connectivity index (χ1) is 13.3. The second-order valence-electron chi connectivity index (χ2n) is 7.07. The predicted molar refractivity (Wildman–Crippen MR) is 105 cm³/mol. The van der Waals surface area contributed by atoms with Crippen molar-refractivity contribution >= 4 is 15.7 Å². The van der Waals surface area contributed by atoms with Crippen molar-refractivity contribution in [3.63, 3.8) is 0 Å². The highest BCUT2D eigenvalue weighted by Crippen LogP contribution is 2.19. The van der Waals surface area contributed by atoms with Gasteiger partial charge in [0.2, 0.25) is 14.9 Å². The highest BCUT2D eigenvalue weighted by Gasteiger charge is 2.27. The molecular formula is C20H26N2O5S. The fourth-order valence-electron chi connectivity index (χ4n) is 3.24. The summed E-state index contributed by atoms with van der Waals surface area (Å²) >= 11 is 0. The van der Waals surface area contributed by atoms with Crippen LogP contribution < -0.4 is 0 Å². The topological polar surface area (TPSA) is 80.1 Å². The van der Waals surface area contributed by atoms with Gasteiger partial charge in [0.25, 0.3) is 5.91 Å². The zero-order valence-electron chi connectivity index (χ0n) is 16.2. The minimum atomic E-state index is -3.50. The Balaban J connectivity index is 1.81. The largest absolute Gasteiger partial charge is 0.440 e. The summed E-state index contributed by atoms with van der Waals surface area (Å²) in [5, 5.41) is -0.198. The molecule has 0 bridgehead atoms. The lowest BCUT2D eigenvalue weighted by molar-refractivity contribution is 0.0221. The third kappa shape index (κ3) is 5.21. The van der Waals surface area contributed by atoms with Crippen LogP contribution in [0.15, 0.2) is 52.0 Å². The third-order valence-corrected chi connectivity index (χ3v) is 5.72. The van der Waals surface area contributed by atoms with E-state index in [0.29, 0.717) is 26.3 Å². The highest BCUT2D eigenvalue weighted by molar-refractivity contribution is 7.90. The normalized spacial score (nSPS) is 16.6. The van der Waals surface area contributed by atoms with E-state index in [9.17, 15) is 13.2 Å². The van der Waals surface area contributed by atoms with Crippen LogP contribution in [0.25, 0.3) is 0 Å². The predicted octanol–water partition coefficient (Wildman–Crippen LogP) is 2.05. The van der Waals surface area contributed by atoms with Gasteiger partial charge < -0.3 is 14.1 Å². The lowest BCUT2D eigenvalue weighted by Crippen LogP contribution is -2.47. The average molecular weight is 407 g/mol. The van der Waals surface area contributed by atoms with Crippen LogP contribution in [0.1, 0.15) is 23.0 Å². The molecule has 1 amide bonds. The fraction of sp³-hybridized carbons (Fsp3) is 0.450. The van der Waals surface area contributed by atoms with E-state index in [0.717, 1.165) is 24.9 Å². The van der Waals surface area contributed by atoms with Crippen LogP contribution in [0.2, 0.25) is 0 Å². The fourth-order valence-corrected chi connectivity index (χ4v) is 3.80. The molecule has 0 N–H and O–H groups in total. The van der Waals surface area contributed by atoms with Crippen molar-refractivity contribution < 1.29 is 22.4 Å². The van der Waals surface area contributed by atoms with E-state index in [1.165, 1.54) is 12.1 Å². The molecule has 1 saturated heterocycles. The van der Waals surface area contributed by atoms with Crippen LogP contribution >= 0.6 is 0 Å². The number of sulfone groups is 1. The van der Waals surface area contributed by atoms with Gasteiger partial charge in [0.05, 0.1) is 13.2 Å². The summed E-state index contributed by atoms with van der Waals surface area (Å²) in [6.45, 7) is 6.16. The van der Waals surface area contributed by atoms with Crippen LogP contribution in [-0.2, 0) is 21.1 Å². The molecule has 1 aromatic heterocycles. The van der Waals surface area contributed by atoms with Crippen LogP contribution in [0.3, 0.4) is 0 Å². The maximum absolute atomic E-state index is 13.2. The third-order valence-electron chi connectivity index (χ3n) is 4.77. The van der Waals surface area contributed by atoms with Crippen molar-refractivity contribution in [2.24, 2.45) is 0 Å². The Morgan fingerprint density at radius 1 is 1.14 bits per heavy atom. The summed E-state index contributed by atoms with van der Waals surface area (Å²) in [6.07, 6.45) is 1.06. The molecular weight excluding hydrogens is 380 g/mol. The number of amides is 1. The van der Waals surface area contributed by atoms with E-state index < -0.39 is 9.84 Å². The standard InChI is InChI=1S/C20H26N2O5S/c1-16(14-21-10-12-26-13-11-21)22(15-17-6-4-3-5-7-17)20(23)18-8-9-19(27-18)28(2,24)25/h3-9,16H,10-15H2,1-2H3. The Bertz CT molecular complexity index is 888. The Kier molecular flexibility index (Phi) is 6.53. The van der Waals surface area contributed by atoms with Crippen LogP contribution in [0.5, 0.6) is 0 Å². The Hall–Kier alpha value is -2.16. The quantitative estimate of drug-likeness (QED) is 0.700. The van der Waals surface area contributed by atoms with Gasteiger partial charge in [-0.25, -0.2) is 8.42 Å². The van der Waals surface area contributed by atoms with E-state index in [1.807, 2.05) is 37.3 Å². The summed E-state index contributed by atoms with van der Waals surface area (Å²) < 4.78 is 34.1. The molecule has 1 aliphatic heterocycles.